The van der Waals surface area contributed by atoms with Crippen LogP contribution in [-0.4, -0.2) is 80.4 Å². The molecule has 0 bridgehead atoms. The first-order valence-electron chi connectivity index (χ1n) is 15.2. The van der Waals surface area contributed by atoms with Crippen LogP contribution >= 0.6 is 23.2 Å². The lowest BCUT2D eigenvalue weighted by Gasteiger charge is -2.39. The van der Waals surface area contributed by atoms with Gasteiger partial charge in [-0.2, -0.15) is 0 Å². The van der Waals surface area contributed by atoms with Crippen molar-refractivity contribution in [1.82, 2.24) is 15.1 Å². The van der Waals surface area contributed by atoms with Crippen LogP contribution in [0.3, 0.4) is 0 Å². The van der Waals surface area contributed by atoms with Crippen molar-refractivity contribution in [3.63, 3.8) is 0 Å². The van der Waals surface area contributed by atoms with E-state index in [1.54, 1.807) is 41.3 Å². The molecule has 3 N–H and O–H groups in total. The molecular formula is C33H37Cl2N3O6S. The number of carboxylic acids is 2. The fourth-order valence-electron chi connectivity index (χ4n) is 6.65. The van der Waals surface area contributed by atoms with E-state index in [0.29, 0.717) is 24.0 Å². The van der Waals surface area contributed by atoms with Crippen molar-refractivity contribution < 1.29 is 29.1 Å². The van der Waals surface area contributed by atoms with Gasteiger partial charge in [0.2, 0.25) is 5.91 Å². The summed E-state index contributed by atoms with van der Waals surface area (Å²) in [6, 6.07) is 13.7. The number of piperazine rings is 1. The van der Waals surface area contributed by atoms with Gasteiger partial charge in [0.25, 0.3) is 0 Å². The maximum Gasteiger partial charge on any atom is 0.334 e. The minimum Gasteiger partial charge on any atom is -0.611 e. The van der Waals surface area contributed by atoms with Crippen LogP contribution in [0.4, 0.5) is 0 Å². The molecule has 1 aliphatic carbocycles. The van der Waals surface area contributed by atoms with Gasteiger partial charge in [0.15, 0.2) is 10.6 Å². The zero-order valence-corrected chi connectivity index (χ0v) is 27.2. The van der Waals surface area contributed by atoms with Crippen molar-refractivity contribution in [2.45, 2.75) is 61.8 Å². The molecule has 2 aliphatic heterocycles. The summed E-state index contributed by atoms with van der Waals surface area (Å²) < 4.78 is 13.4. The van der Waals surface area contributed by atoms with E-state index in [4.69, 9.17) is 23.2 Å². The molecule has 2 heterocycles. The number of dihydropyridines is 1. The van der Waals surface area contributed by atoms with Crippen LogP contribution < -0.4 is 5.32 Å². The zero-order valence-electron chi connectivity index (χ0n) is 24.8. The quantitative estimate of drug-likeness (QED) is 0.237. The van der Waals surface area contributed by atoms with Crippen molar-refractivity contribution in [3.05, 3.63) is 86.7 Å². The predicted molar refractivity (Wildman–Crippen MR) is 174 cm³/mol. The van der Waals surface area contributed by atoms with Gasteiger partial charge in [-0.05, 0) is 48.3 Å². The summed E-state index contributed by atoms with van der Waals surface area (Å²) in [5.74, 6) is -4.77. The molecule has 1 saturated carbocycles. The summed E-state index contributed by atoms with van der Waals surface area (Å²) in [5, 5.41) is 24.1. The fourth-order valence-corrected chi connectivity index (χ4v) is 8.39. The number of amides is 1. The number of rotatable bonds is 9. The highest BCUT2D eigenvalue weighted by molar-refractivity contribution is 7.91. The van der Waals surface area contributed by atoms with Gasteiger partial charge >= 0.3 is 11.9 Å². The van der Waals surface area contributed by atoms with E-state index in [2.05, 4.69) is 10.2 Å². The van der Waals surface area contributed by atoms with Gasteiger partial charge in [-0.15, -0.1) is 0 Å². The average molecular weight is 675 g/mol. The molecule has 2 fully saturated rings. The molecule has 5 rings (SSSR count). The van der Waals surface area contributed by atoms with E-state index in [1.807, 2.05) is 0 Å². The molecule has 1 amide bonds. The van der Waals surface area contributed by atoms with E-state index in [1.165, 1.54) is 50.7 Å². The SMILES string of the molecule is O=C(O)C1=C(CC(=O)N2CCN(C3CCCCCC3)CC2)NC(C[S+]([O-])c2ccccc2)=C(C(=O)O)C1c1c(Cl)cccc1Cl. The number of nitrogens with zero attached hydrogens (tertiary/aromatic N) is 2. The smallest absolute Gasteiger partial charge is 0.334 e. The first-order valence-corrected chi connectivity index (χ1v) is 17.3. The lowest BCUT2D eigenvalue weighted by molar-refractivity contribution is -0.133. The third kappa shape index (κ3) is 7.69. The van der Waals surface area contributed by atoms with Gasteiger partial charge in [-0.1, -0.05) is 73.2 Å². The van der Waals surface area contributed by atoms with E-state index in [9.17, 15) is 29.1 Å². The minimum absolute atomic E-state index is 0.0322. The first kappa shape index (κ1) is 33.3. The van der Waals surface area contributed by atoms with Crippen LogP contribution in [0.25, 0.3) is 0 Å². The van der Waals surface area contributed by atoms with E-state index in [0.717, 1.165) is 13.1 Å². The Labute approximate surface area is 276 Å². The van der Waals surface area contributed by atoms with Crippen LogP contribution in [0, 0.1) is 0 Å². The maximum atomic E-state index is 13.7. The van der Waals surface area contributed by atoms with Crippen LogP contribution in [0.5, 0.6) is 0 Å². The Balaban J connectivity index is 1.47. The number of carboxylic acid groups (broad SMARTS) is 2. The molecule has 240 valence electrons. The lowest BCUT2D eigenvalue weighted by atomic mass is 9.79. The minimum atomic E-state index is -1.68. The molecule has 0 aromatic heterocycles. The molecule has 9 nitrogen and oxygen atoms in total. The second-order valence-electron chi connectivity index (χ2n) is 11.6. The highest BCUT2D eigenvalue weighted by Gasteiger charge is 2.42. The van der Waals surface area contributed by atoms with Crippen molar-refractivity contribution in [1.29, 1.82) is 0 Å². The molecule has 1 saturated heterocycles. The number of halogens is 2. The van der Waals surface area contributed by atoms with E-state index in [-0.39, 0.29) is 56.2 Å². The van der Waals surface area contributed by atoms with Crippen molar-refractivity contribution >= 4 is 52.2 Å². The second kappa shape index (κ2) is 15.0. The number of benzene rings is 2. The third-order valence-corrected chi connectivity index (χ3v) is 10.9. The molecular weight excluding hydrogens is 637 g/mol. The normalized spacial score (nSPS) is 20.9. The van der Waals surface area contributed by atoms with E-state index >= 15 is 0 Å². The monoisotopic (exact) mass is 673 g/mol. The Bertz CT molecular complexity index is 1460. The van der Waals surface area contributed by atoms with Crippen LogP contribution in [-0.2, 0) is 25.6 Å². The first-order chi connectivity index (χ1) is 21.7. The average Bonchev–Trinajstić information content (AvgIpc) is 3.31. The van der Waals surface area contributed by atoms with Gasteiger partial charge in [0, 0.05) is 53.5 Å². The number of hydrogen-bond donors (Lipinski definition) is 3. The van der Waals surface area contributed by atoms with Gasteiger partial charge in [0.05, 0.1) is 29.2 Å². The van der Waals surface area contributed by atoms with Crippen LogP contribution in [0.15, 0.2) is 76.0 Å². The van der Waals surface area contributed by atoms with Gasteiger partial charge in [-0.25, -0.2) is 9.59 Å². The van der Waals surface area contributed by atoms with Crippen LogP contribution in [0.2, 0.25) is 10.0 Å². The molecule has 2 aromatic rings. The molecule has 2 aromatic carbocycles. The largest absolute Gasteiger partial charge is 0.611 e. The molecule has 2 unspecified atom stereocenters. The number of aliphatic carboxylic acids is 2. The third-order valence-electron chi connectivity index (χ3n) is 8.90. The fraction of sp³-hybridized carbons (Fsp3) is 0.424. The van der Waals surface area contributed by atoms with Gasteiger partial charge in [-0.3, -0.25) is 9.69 Å². The number of nitrogens with one attached hydrogen (secondary N) is 1. The summed E-state index contributed by atoms with van der Waals surface area (Å²) in [4.78, 5) is 44.1. The molecule has 45 heavy (non-hydrogen) atoms. The Kier molecular flexibility index (Phi) is 11.1. The standard InChI is InChI=1S/C33H37Cl2N3O6S/c34-23-13-8-14-24(35)28(23)31-29(32(40)41)25(36-26(30(31)33(42)43)20-45(44)22-11-6-3-7-12-22)19-27(39)38-17-15-37(16-18-38)21-9-4-1-2-5-10-21/h3,6-8,11-14,21,31,36H,1-2,4-5,9-10,15-20H2,(H,40,41)(H,42,43). The zero-order chi connectivity index (χ0) is 32.1. The highest BCUT2D eigenvalue weighted by Crippen LogP contribution is 2.45. The number of carbonyl (C=O) groups excluding carboxylic acids is 1. The molecule has 2 atom stereocenters. The van der Waals surface area contributed by atoms with Crippen molar-refractivity contribution in [2.75, 3.05) is 31.9 Å². The molecule has 0 spiro atoms. The Morgan fingerprint density at radius 1 is 0.822 bits per heavy atom. The summed E-state index contributed by atoms with van der Waals surface area (Å²) in [6.45, 7) is 2.53. The Hall–Kier alpha value is -3.02. The topological polar surface area (TPSA) is 133 Å². The predicted octanol–water partition coefficient (Wildman–Crippen LogP) is 5.42. The van der Waals surface area contributed by atoms with Crippen molar-refractivity contribution in [2.24, 2.45) is 0 Å². The summed E-state index contributed by atoms with van der Waals surface area (Å²) in [6.07, 6.45) is 7.01. The summed E-state index contributed by atoms with van der Waals surface area (Å²) >= 11 is 11.4. The summed E-state index contributed by atoms with van der Waals surface area (Å²) in [5.41, 5.74) is -0.495. The number of hydrogen-bond acceptors (Lipinski definition) is 6. The Morgan fingerprint density at radius 3 is 1.98 bits per heavy atom. The van der Waals surface area contributed by atoms with Gasteiger partial charge in [0.1, 0.15) is 0 Å². The van der Waals surface area contributed by atoms with Crippen LogP contribution in [0.1, 0.15) is 56.4 Å². The van der Waals surface area contributed by atoms with E-state index < -0.39 is 29.0 Å². The summed E-state index contributed by atoms with van der Waals surface area (Å²) in [7, 11) is 0. The van der Waals surface area contributed by atoms with Gasteiger partial charge < -0.3 is 25.0 Å². The Morgan fingerprint density at radius 2 is 1.40 bits per heavy atom. The molecule has 3 aliphatic rings. The second-order valence-corrected chi connectivity index (χ2v) is 13.9. The number of carbonyl (C=O) groups is 3. The molecule has 12 heteroatoms. The van der Waals surface area contributed by atoms with Crippen molar-refractivity contribution in [3.8, 4) is 0 Å². The lowest BCUT2D eigenvalue weighted by Crippen LogP contribution is -2.52. The molecule has 0 radical (unpaired) electrons. The maximum absolute atomic E-state index is 13.7. The highest BCUT2D eigenvalue weighted by atomic mass is 35.5.